The maximum absolute atomic E-state index is 6.54. The Balaban J connectivity index is 2.11. The van der Waals surface area contributed by atoms with E-state index in [1.165, 1.54) is 23.1 Å². The maximum Gasteiger partial charge on any atom is 0.0472 e. The second-order valence-electron chi connectivity index (χ2n) is 5.80. The SMILES string of the molecule is CCc1ccc2c(c1Cl)CC[C@@]1(C)CNC[C@H]21. The molecule has 0 unspecified atom stereocenters. The molecule has 0 saturated carbocycles. The van der Waals surface area contributed by atoms with Gasteiger partial charge in [0.25, 0.3) is 0 Å². The summed E-state index contributed by atoms with van der Waals surface area (Å²) in [5, 5.41) is 4.59. The van der Waals surface area contributed by atoms with Crippen molar-refractivity contribution in [1.82, 2.24) is 5.32 Å². The van der Waals surface area contributed by atoms with Crippen molar-refractivity contribution in [2.24, 2.45) is 5.41 Å². The fourth-order valence-corrected chi connectivity index (χ4v) is 3.97. The summed E-state index contributed by atoms with van der Waals surface area (Å²) in [6.45, 7) is 6.87. The standard InChI is InChI=1S/C15H20ClN/c1-3-10-4-5-11-12(14(10)16)6-7-15(2)9-17-8-13(11)15/h4-5,13,17H,3,6-9H2,1-2H3/t13-,15+/m1/s1. The zero-order valence-electron chi connectivity index (χ0n) is 10.6. The van der Waals surface area contributed by atoms with Gasteiger partial charge < -0.3 is 5.32 Å². The first-order chi connectivity index (χ1) is 8.15. The fraction of sp³-hybridized carbons (Fsp3) is 0.600. The quantitative estimate of drug-likeness (QED) is 0.803. The molecule has 1 nitrogen and oxygen atoms in total. The molecular weight excluding hydrogens is 230 g/mol. The Morgan fingerprint density at radius 3 is 3.06 bits per heavy atom. The van der Waals surface area contributed by atoms with Gasteiger partial charge in [0.2, 0.25) is 0 Å². The molecule has 92 valence electrons. The van der Waals surface area contributed by atoms with Crippen molar-refractivity contribution in [3.05, 3.63) is 33.8 Å². The molecule has 1 fully saturated rings. The molecule has 1 aromatic carbocycles. The summed E-state index contributed by atoms with van der Waals surface area (Å²) in [4.78, 5) is 0. The van der Waals surface area contributed by atoms with Gasteiger partial charge in [0.05, 0.1) is 0 Å². The molecular formula is C15H20ClN. The van der Waals surface area contributed by atoms with E-state index in [0.717, 1.165) is 31.0 Å². The predicted octanol–water partition coefficient (Wildman–Crippen LogP) is 3.54. The Labute approximate surface area is 109 Å². The summed E-state index contributed by atoms with van der Waals surface area (Å²) < 4.78 is 0. The van der Waals surface area contributed by atoms with Crippen LogP contribution in [0.1, 0.15) is 42.9 Å². The van der Waals surface area contributed by atoms with Crippen molar-refractivity contribution >= 4 is 11.6 Å². The van der Waals surface area contributed by atoms with Crippen molar-refractivity contribution < 1.29 is 0 Å². The molecule has 1 N–H and O–H groups in total. The van der Waals surface area contributed by atoms with Crippen LogP contribution < -0.4 is 5.32 Å². The highest BCUT2D eigenvalue weighted by molar-refractivity contribution is 6.32. The summed E-state index contributed by atoms with van der Waals surface area (Å²) in [5.74, 6) is 0.662. The van der Waals surface area contributed by atoms with Crippen LogP contribution in [-0.2, 0) is 12.8 Å². The Kier molecular flexibility index (Phi) is 2.72. The monoisotopic (exact) mass is 249 g/mol. The number of benzene rings is 1. The first-order valence-corrected chi connectivity index (χ1v) is 7.04. The molecule has 1 aliphatic carbocycles. The number of rotatable bonds is 1. The van der Waals surface area contributed by atoms with Gasteiger partial charge in [0.15, 0.2) is 0 Å². The van der Waals surface area contributed by atoms with Gasteiger partial charge in [-0.2, -0.15) is 0 Å². The van der Waals surface area contributed by atoms with Crippen LogP contribution in [0.2, 0.25) is 5.02 Å². The Hall–Kier alpha value is -0.530. The van der Waals surface area contributed by atoms with Gasteiger partial charge in [0.1, 0.15) is 0 Å². The molecule has 17 heavy (non-hydrogen) atoms. The second kappa shape index (κ2) is 4.00. The number of hydrogen-bond donors (Lipinski definition) is 1. The van der Waals surface area contributed by atoms with Crippen LogP contribution in [0.4, 0.5) is 0 Å². The van der Waals surface area contributed by atoms with Crippen LogP contribution in [0.15, 0.2) is 12.1 Å². The number of nitrogens with one attached hydrogen (secondary N) is 1. The van der Waals surface area contributed by atoms with Gasteiger partial charge in [-0.1, -0.05) is 37.6 Å². The van der Waals surface area contributed by atoms with Crippen molar-refractivity contribution in [1.29, 1.82) is 0 Å². The van der Waals surface area contributed by atoms with E-state index >= 15 is 0 Å². The zero-order chi connectivity index (χ0) is 12.0. The number of fused-ring (bicyclic) bond motifs is 3. The molecule has 0 aromatic heterocycles. The lowest BCUT2D eigenvalue weighted by Crippen LogP contribution is -2.30. The number of hydrogen-bond acceptors (Lipinski definition) is 1. The average molecular weight is 250 g/mol. The highest BCUT2D eigenvalue weighted by atomic mass is 35.5. The van der Waals surface area contributed by atoms with Crippen molar-refractivity contribution in [2.75, 3.05) is 13.1 Å². The molecule has 1 aromatic rings. The highest BCUT2D eigenvalue weighted by Gasteiger charge is 2.43. The predicted molar refractivity (Wildman–Crippen MR) is 72.9 cm³/mol. The van der Waals surface area contributed by atoms with Crippen LogP contribution in [0, 0.1) is 5.41 Å². The molecule has 2 atom stereocenters. The smallest absolute Gasteiger partial charge is 0.0472 e. The molecule has 0 bridgehead atoms. The van der Waals surface area contributed by atoms with Gasteiger partial charge in [0, 0.05) is 24.0 Å². The first kappa shape index (κ1) is 11.6. The number of halogens is 1. The van der Waals surface area contributed by atoms with Crippen LogP contribution >= 0.6 is 11.6 Å². The molecule has 1 heterocycles. The van der Waals surface area contributed by atoms with Crippen molar-refractivity contribution in [3.63, 3.8) is 0 Å². The minimum atomic E-state index is 0.448. The van der Waals surface area contributed by atoms with Crippen LogP contribution in [0.5, 0.6) is 0 Å². The molecule has 0 radical (unpaired) electrons. The van der Waals surface area contributed by atoms with Crippen molar-refractivity contribution in [2.45, 2.75) is 39.0 Å². The third-order valence-corrected chi connectivity index (χ3v) is 5.25. The molecule has 1 aliphatic heterocycles. The Bertz CT molecular complexity index is 454. The molecule has 2 aliphatic rings. The van der Waals surface area contributed by atoms with Gasteiger partial charge >= 0.3 is 0 Å². The highest BCUT2D eigenvalue weighted by Crippen LogP contribution is 2.49. The van der Waals surface area contributed by atoms with E-state index in [0.29, 0.717) is 11.3 Å². The van der Waals surface area contributed by atoms with E-state index < -0.39 is 0 Å². The van der Waals surface area contributed by atoms with Crippen molar-refractivity contribution in [3.8, 4) is 0 Å². The minimum Gasteiger partial charge on any atom is -0.316 e. The third kappa shape index (κ3) is 1.63. The molecule has 3 rings (SSSR count). The summed E-state index contributed by atoms with van der Waals surface area (Å²) in [7, 11) is 0. The number of aryl methyl sites for hydroxylation is 1. The molecule has 0 amide bonds. The summed E-state index contributed by atoms with van der Waals surface area (Å²) in [6.07, 6.45) is 3.45. The van der Waals surface area contributed by atoms with E-state index in [2.05, 4.69) is 31.3 Å². The molecule has 0 spiro atoms. The van der Waals surface area contributed by atoms with Crippen LogP contribution in [0.25, 0.3) is 0 Å². The van der Waals surface area contributed by atoms with Gasteiger partial charge in [-0.05, 0) is 41.4 Å². The summed E-state index contributed by atoms with van der Waals surface area (Å²) in [5.41, 5.74) is 4.69. The largest absolute Gasteiger partial charge is 0.316 e. The zero-order valence-corrected chi connectivity index (χ0v) is 11.4. The fourth-order valence-electron chi connectivity index (χ4n) is 3.57. The van der Waals surface area contributed by atoms with Gasteiger partial charge in [-0.15, -0.1) is 0 Å². The molecule has 2 heteroatoms. The normalized spacial score (nSPS) is 31.1. The van der Waals surface area contributed by atoms with Crippen LogP contribution in [-0.4, -0.2) is 13.1 Å². The van der Waals surface area contributed by atoms with Gasteiger partial charge in [-0.3, -0.25) is 0 Å². The Morgan fingerprint density at radius 1 is 1.47 bits per heavy atom. The lowest BCUT2D eigenvalue weighted by Gasteiger charge is -2.37. The Morgan fingerprint density at radius 2 is 2.29 bits per heavy atom. The summed E-state index contributed by atoms with van der Waals surface area (Å²) >= 11 is 6.54. The van der Waals surface area contributed by atoms with Crippen LogP contribution in [0.3, 0.4) is 0 Å². The maximum atomic E-state index is 6.54. The van der Waals surface area contributed by atoms with E-state index in [-0.39, 0.29) is 0 Å². The van der Waals surface area contributed by atoms with Gasteiger partial charge in [-0.25, -0.2) is 0 Å². The third-order valence-electron chi connectivity index (χ3n) is 4.78. The van der Waals surface area contributed by atoms with E-state index in [1.807, 2.05) is 0 Å². The lowest BCUT2D eigenvalue weighted by molar-refractivity contribution is 0.277. The minimum absolute atomic E-state index is 0.448. The molecule has 1 saturated heterocycles. The first-order valence-electron chi connectivity index (χ1n) is 6.66. The lowest BCUT2D eigenvalue weighted by atomic mass is 9.67. The summed E-state index contributed by atoms with van der Waals surface area (Å²) in [6, 6.07) is 4.56. The van der Waals surface area contributed by atoms with E-state index in [1.54, 1.807) is 0 Å². The average Bonchev–Trinajstić information content (AvgIpc) is 2.71. The second-order valence-corrected chi connectivity index (χ2v) is 6.18. The topological polar surface area (TPSA) is 12.0 Å². The van der Waals surface area contributed by atoms with E-state index in [4.69, 9.17) is 11.6 Å². The van der Waals surface area contributed by atoms with E-state index in [9.17, 15) is 0 Å².